The van der Waals surface area contributed by atoms with Gasteiger partial charge in [0.2, 0.25) is 0 Å². The van der Waals surface area contributed by atoms with E-state index in [1.165, 1.54) is 17.0 Å². The lowest BCUT2D eigenvalue weighted by Crippen LogP contribution is -2.46. The fourth-order valence-electron chi connectivity index (χ4n) is 3.09. The molecule has 1 fully saturated rings. The van der Waals surface area contributed by atoms with Crippen LogP contribution in [0.1, 0.15) is 25.8 Å². The molecule has 0 aliphatic carbocycles. The summed E-state index contributed by atoms with van der Waals surface area (Å²) in [4.78, 5) is 41.0. The second kappa shape index (κ2) is 7.33. The van der Waals surface area contributed by atoms with Crippen molar-refractivity contribution in [1.29, 1.82) is 0 Å². The van der Waals surface area contributed by atoms with Crippen molar-refractivity contribution in [3.63, 3.8) is 0 Å². The van der Waals surface area contributed by atoms with E-state index in [-0.39, 0.29) is 23.8 Å². The van der Waals surface area contributed by atoms with Crippen LogP contribution in [0.2, 0.25) is 10.0 Å². The summed E-state index contributed by atoms with van der Waals surface area (Å²) in [5.74, 6) is -0.596. The molecule has 1 saturated heterocycles. The van der Waals surface area contributed by atoms with E-state index in [0.29, 0.717) is 16.3 Å². The van der Waals surface area contributed by atoms with E-state index >= 15 is 0 Å². The quantitative estimate of drug-likeness (QED) is 0.692. The summed E-state index contributed by atoms with van der Waals surface area (Å²) in [5.41, 5.74) is -0.408. The van der Waals surface area contributed by atoms with Crippen LogP contribution in [0.5, 0.6) is 0 Å². The molecule has 1 radical (unpaired) electrons. The van der Waals surface area contributed by atoms with E-state index in [0.717, 1.165) is 4.90 Å². The molecule has 2 aromatic rings. The van der Waals surface area contributed by atoms with Crippen molar-refractivity contribution in [1.82, 2.24) is 4.90 Å². The van der Waals surface area contributed by atoms with Crippen LogP contribution in [-0.4, -0.2) is 29.2 Å². The average molecular weight is 404 g/mol. The van der Waals surface area contributed by atoms with Gasteiger partial charge in [0, 0.05) is 6.42 Å². The number of urea groups is 1. The van der Waals surface area contributed by atoms with Crippen LogP contribution in [0.4, 0.5) is 10.5 Å². The zero-order valence-corrected chi connectivity index (χ0v) is 16.3. The lowest BCUT2D eigenvalue weighted by atomic mass is 9.90. The molecule has 5 nitrogen and oxygen atoms in total. The predicted molar refractivity (Wildman–Crippen MR) is 104 cm³/mol. The van der Waals surface area contributed by atoms with Crippen molar-refractivity contribution in [2.24, 2.45) is 0 Å². The van der Waals surface area contributed by atoms with E-state index in [2.05, 4.69) is 6.07 Å². The van der Waals surface area contributed by atoms with Crippen molar-refractivity contribution in [3.8, 4) is 0 Å². The van der Waals surface area contributed by atoms with Crippen LogP contribution in [0.3, 0.4) is 0 Å². The van der Waals surface area contributed by atoms with Gasteiger partial charge in [0.15, 0.2) is 5.78 Å². The molecule has 0 aromatic heterocycles. The van der Waals surface area contributed by atoms with Gasteiger partial charge >= 0.3 is 6.03 Å². The molecular weight excluding hydrogens is 387 g/mol. The number of carbonyl (C=O) groups is 3. The van der Waals surface area contributed by atoms with Gasteiger partial charge in [-0.2, -0.15) is 0 Å². The number of nitrogens with zero attached hydrogens (tertiary/aromatic N) is 2. The summed E-state index contributed by atoms with van der Waals surface area (Å²) < 4.78 is 0. The highest BCUT2D eigenvalue weighted by Gasteiger charge is 2.56. The topological polar surface area (TPSA) is 57.7 Å². The molecule has 3 rings (SSSR count). The fourth-order valence-corrected chi connectivity index (χ4v) is 3.38. The lowest BCUT2D eigenvalue weighted by Gasteiger charge is -2.31. The number of carbonyl (C=O) groups excluding carboxylic acids is 3. The Morgan fingerprint density at radius 1 is 1.11 bits per heavy atom. The summed E-state index contributed by atoms with van der Waals surface area (Å²) in [6, 6.07) is 13.6. The Labute approximate surface area is 167 Å². The molecule has 1 aliphatic heterocycles. The Kier molecular flexibility index (Phi) is 5.27. The van der Waals surface area contributed by atoms with Crippen molar-refractivity contribution in [3.05, 3.63) is 64.1 Å². The monoisotopic (exact) mass is 403 g/mol. The molecule has 1 atom stereocenters. The molecule has 1 heterocycles. The third-order valence-electron chi connectivity index (χ3n) is 4.75. The molecule has 27 heavy (non-hydrogen) atoms. The van der Waals surface area contributed by atoms with Crippen LogP contribution in [0, 0.1) is 6.07 Å². The Morgan fingerprint density at radius 3 is 2.37 bits per heavy atom. The van der Waals surface area contributed by atoms with E-state index in [1.807, 2.05) is 0 Å². The first-order valence-corrected chi connectivity index (χ1v) is 9.15. The zero-order chi connectivity index (χ0) is 19.8. The Morgan fingerprint density at radius 2 is 1.78 bits per heavy atom. The number of ketones is 1. The number of amides is 3. The highest BCUT2D eigenvalue weighted by atomic mass is 35.5. The summed E-state index contributed by atoms with van der Waals surface area (Å²) in [6.45, 7) is 3.20. The molecule has 0 bridgehead atoms. The van der Waals surface area contributed by atoms with Gasteiger partial charge in [-0.3, -0.25) is 14.5 Å². The fraction of sp³-hybridized carbons (Fsp3) is 0.250. The number of benzene rings is 2. The molecule has 0 saturated carbocycles. The molecule has 7 heteroatoms. The molecular formula is C20H17Cl2N2O3. The summed E-state index contributed by atoms with van der Waals surface area (Å²) in [6.07, 6.45) is 0.267. The van der Waals surface area contributed by atoms with Crippen molar-refractivity contribution in [2.75, 3.05) is 11.4 Å². The van der Waals surface area contributed by atoms with Gasteiger partial charge in [-0.05, 0) is 36.8 Å². The highest BCUT2D eigenvalue weighted by molar-refractivity contribution is 6.42. The van der Waals surface area contributed by atoms with Crippen LogP contribution >= 0.6 is 23.2 Å². The Balaban J connectivity index is 2.13. The van der Waals surface area contributed by atoms with E-state index in [4.69, 9.17) is 23.2 Å². The molecule has 2 aromatic carbocycles. The van der Waals surface area contributed by atoms with Gasteiger partial charge < -0.3 is 0 Å². The molecule has 1 aliphatic rings. The van der Waals surface area contributed by atoms with Crippen LogP contribution in [0.15, 0.2) is 42.5 Å². The maximum absolute atomic E-state index is 13.4. The number of hydrogen-bond acceptors (Lipinski definition) is 3. The second-order valence-corrected chi connectivity index (χ2v) is 7.18. The standard InChI is InChI=1S/C20H17Cl2N2O3/c1-3-15(25)12-23-19(27)24(14-9-10-16(21)17(22)11-14)18(26)20(23,2)13-7-5-4-6-8-13/h5-11H,3,12H2,1-2H3. The van der Waals surface area contributed by atoms with Crippen molar-refractivity contribution < 1.29 is 14.4 Å². The van der Waals surface area contributed by atoms with Gasteiger partial charge in [0.1, 0.15) is 5.54 Å². The Bertz CT molecular complexity index is 917. The zero-order valence-electron chi connectivity index (χ0n) is 14.8. The SMILES string of the molecule is CCC(=O)CN1C(=O)N(c2ccc(Cl)c(Cl)c2)C(=O)C1(C)c1cc[c]cc1. The maximum Gasteiger partial charge on any atom is 0.333 e. The van der Waals surface area contributed by atoms with Crippen molar-refractivity contribution in [2.45, 2.75) is 25.8 Å². The minimum atomic E-state index is -1.32. The first-order valence-electron chi connectivity index (χ1n) is 8.40. The van der Waals surface area contributed by atoms with Gasteiger partial charge in [0.25, 0.3) is 5.91 Å². The predicted octanol–water partition coefficient (Wildman–Crippen LogP) is 4.46. The minimum absolute atomic E-state index is 0.138. The summed E-state index contributed by atoms with van der Waals surface area (Å²) in [5, 5.41) is 0.549. The largest absolute Gasteiger partial charge is 0.333 e. The van der Waals surface area contributed by atoms with Gasteiger partial charge in [-0.25, -0.2) is 9.69 Å². The number of Topliss-reactive ketones (excluding diaryl/α,β-unsaturated/α-hetero) is 1. The third-order valence-corrected chi connectivity index (χ3v) is 5.49. The maximum atomic E-state index is 13.4. The van der Waals surface area contributed by atoms with Gasteiger partial charge in [-0.1, -0.05) is 54.4 Å². The minimum Gasteiger partial charge on any atom is -0.298 e. The average Bonchev–Trinajstić information content (AvgIpc) is 2.86. The second-order valence-electron chi connectivity index (χ2n) is 6.36. The first kappa shape index (κ1) is 19.4. The van der Waals surface area contributed by atoms with E-state index in [9.17, 15) is 14.4 Å². The van der Waals surface area contributed by atoms with Crippen LogP contribution in [-0.2, 0) is 15.1 Å². The highest BCUT2D eigenvalue weighted by Crippen LogP contribution is 2.40. The van der Waals surface area contributed by atoms with E-state index < -0.39 is 17.5 Å². The molecule has 0 N–H and O–H groups in total. The van der Waals surface area contributed by atoms with E-state index in [1.54, 1.807) is 44.2 Å². The number of anilines is 1. The molecule has 1 unspecified atom stereocenters. The number of imide groups is 1. The molecule has 139 valence electrons. The first-order chi connectivity index (χ1) is 12.8. The van der Waals surface area contributed by atoms with Crippen LogP contribution in [0.25, 0.3) is 0 Å². The van der Waals surface area contributed by atoms with Crippen LogP contribution < -0.4 is 4.90 Å². The summed E-state index contributed by atoms with van der Waals surface area (Å²) >= 11 is 12.0. The molecule has 0 spiro atoms. The van der Waals surface area contributed by atoms with Gasteiger partial charge in [-0.15, -0.1) is 0 Å². The lowest BCUT2D eigenvalue weighted by molar-refractivity contribution is -0.126. The van der Waals surface area contributed by atoms with Crippen molar-refractivity contribution >= 4 is 46.6 Å². The number of rotatable bonds is 5. The third kappa shape index (κ3) is 3.22. The number of hydrogen-bond donors (Lipinski definition) is 0. The number of halogens is 2. The Hall–Kier alpha value is -2.37. The molecule has 3 amide bonds. The summed E-state index contributed by atoms with van der Waals surface area (Å²) in [7, 11) is 0. The van der Waals surface area contributed by atoms with Gasteiger partial charge in [0.05, 0.1) is 22.3 Å². The smallest absolute Gasteiger partial charge is 0.298 e. The normalized spacial score (nSPS) is 19.7.